The normalized spacial score (nSPS) is 27.8. The number of halogens is 1. The van der Waals surface area contributed by atoms with Gasteiger partial charge in [-0.25, -0.2) is 14.2 Å². The first-order chi connectivity index (χ1) is 20.8. The van der Waals surface area contributed by atoms with Crippen molar-refractivity contribution >= 4 is 34.2 Å². The molecule has 2 aromatic carbocycles. The Morgan fingerprint density at radius 3 is 2.81 bits per heavy atom. The van der Waals surface area contributed by atoms with Crippen molar-refractivity contribution in [2.45, 2.75) is 68.7 Å². The van der Waals surface area contributed by atoms with E-state index in [0.29, 0.717) is 24.4 Å². The minimum Gasteiger partial charge on any atom is -0.479 e. The molecule has 9 nitrogen and oxygen atoms in total. The van der Waals surface area contributed by atoms with E-state index in [4.69, 9.17) is 4.74 Å². The Bertz CT molecular complexity index is 1560. The van der Waals surface area contributed by atoms with Crippen molar-refractivity contribution in [1.29, 1.82) is 0 Å². The van der Waals surface area contributed by atoms with Gasteiger partial charge in [-0.3, -0.25) is 9.59 Å². The van der Waals surface area contributed by atoms with Crippen LogP contribution in [0.3, 0.4) is 0 Å². The number of hydrogen-bond donors (Lipinski definition) is 3. The summed E-state index contributed by atoms with van der Waals surface area (Å²) in [5.74, 6) is -2.25. The molecular formula is C33H35FN4O5. The lowest BCUT2D eigenvalue weighted by atomic mass is 10.0. The van der Waals surface area contributed by atoms with Gasteiger partial charge in [0.2, 0.25) is 17.7 Å². The van der Waals surface area contributed by atoms with Gasteiger partial charge >= 0.3 is 5.97 Å². The number of nitrogens with zero attached hydrogens (tertiary/aromatic N) is 2. The highest BCUT2D eigenvalue weighted by Crippen LogP contribution is 2.45. The first-order valence-electron chi connectivity index (χ1n) is 14.9. The summed E-state index contributed by atoms with van der Waals surface area (Å²) >= 11 is 0. The van der Waals surface area contributed by atoms with Gasteiger partial charge in [0.05, 0.1) is 6.54 Å². The molecule has 3 aliphatic rings. The molecule has 0 radical (unpaired) electrons. The number of carbonyl (C=O) groups excluding carboxylic acids is 2. The van der Waals surface area contributed by atoms with Crippen molar-refractivity contribution in [1.82, 2.24) is 15.2 Å². The standard InChI is InChI=1S/C33H35FN4O5/c34-23-11-8-12-24(17-23)36-27-14-5-3-1-2-4-10-22-19-33(22,32(41)42)37-29(39)28-18-25(20-38(28)31(27)40)43-30-26-13-7-6-9-21(26)15-16-35-30/h4,6-13,15-17,22,25,27-28,36H,1-3,5,14,18-20H2,(H,37,39)(H,41,42)/t22-,25-,27+,28+,33-/m1/s1. The van der Waals surface area contributed by atoms with E-state index in [1.165, 1.54) is 17.0 Å². The second-order valence-corrected chi connectivity index (χ2v) is 11.7. The van der Waals surface area contributed by atoms with Gasteiger partial charge in [0.1, 0.15) is 29.5 Å². The first kappa shape index (κ1) is 28.6. The zero-order valence-electron chi connectivity index (χ0n) is 23.7. The monoisotopic (exact) mass is 586 g/mol. The van der Waals surface area contributed by atoms with Gasteiger partial charge in [0, 0.05) is 29.6 Å². The molecule has 0 spiro atoms. The Morgan fingerprint density at radius 1 is 1.12 bits per heavy atom. The van der Waals surface area contributed by atoms with Crippen LogP contribution in [0.15, 0.2) is 72.9 Å². The molecule has 1 saturated heterocycles. The van der Waals surface area contributed by atoms with E-state index in [0.717, 1.165) is 36.5 Å². The number of fused-ring (bicyclic) bond motifs is 3. The second kappa shape index (κ2) is 12.0. The quantitative estimate of drug-likeness (QED) is 0.371. The maximum absolute atomic E-state index is 14.2. The number of rotatable bonds is 5. The highest BCUT2D eigenvalue weighted by atomic mass is 19.1. The number of hydrogen-bond acceptors (Lipinski definition) is 6. The Balaban J connectivity index is 1.31. The van der Waals surface area contributed by atoms with Gasteiger partial charge in [-0.1, -0.05) is 49.3 Å². The Kier molecular flexibility index (Phi) is 8.01. The van der Waals surface area contributed by atoms with E-state index in [9.17, 15) is 23.9 Å². The molecule has 2 fully saturated rings. The molecule has 1 aliphatic carbocycles. The number of aromatic nitrogens is 1. The minimum atomic E-state index is -1.39. The van der Waals surface area contributed by atoms with Crippen LogP contribution < -0.4 is 15.4 Å². The van der Waals surface area contributed by atoms with Gasteiger partial charge in [-0.05, 0) is 61.4 Å². The molecule has 2 amide bonds. The molecule has 43 heavy (non-hydrogen) atoms. The summed E-state index contributed by atoms with van der Waals surface area (Å²) in [6.07, 6.45) is 9.22. The van der Waals surface area contributed by atoms with Crippen molar-refractivity contribution in [3.8, 4) is 5.88 Å². The minimum absolute atomic E-state index is 0.118. The van der Waals surface area contributed by atoms with Crippen LogP contribution in [0.5, 0.6) is 5.88 Å². The third-order valence-electron chi connectivity index (χ3n) is 8.70. The van der Waals surface area contributed by atoms with E-state index in [2.05, 4.69) is 15.6 Å². The number of benzene rings is 2. The molecule has 3 N–H and O–H groups in total. The summed E-state index contributed by atoms with van der Waals surface area (Å²) in [5.41, 5.74) is -0.921. The van der Waals surface area contributed by atoms with Gasteiger partial charge in [-0.15, -0.1) is 0 Å². The number of ether oxygens (including phenoxy) is 1. The molecule has 224 valence electrons. The van der Waals surface area contributed by atoms with Crippen molar-refractivity contribution in [2.75, 3.05) is 11.9 Å². The molecule has 10 heteroatoms. The number of nitrogens with one attached hydrogen (secondary N) is 2. The predicted molar refractivity (Wildman–Crippen MR) is 159 cm³/mol. The molecule has 3 aromatic rings. The molecule has 3 heterocycles. The van der Waals surface area contributed by atoms with E-state index >= 15 is 0 Å². The summed E-state index contributed by atoms with van der Waals surface area (Å²) in [7, 11) is 0. The number of carbonyl (C=O) groups is 3. The third-order valence-corrected chi connectivity index (χ3v) is 8.70. The maximum Gasteiger partial charge on any atom is 0.330 e. The molecule has 1 saturated carbocycles. The molecular weight excluding hydrogens is 551 g/mol. The zero-order chi connectivity index (χ0) is 30.0. The van der Waals surface area contributed by atoms with E-state index in [1.54, 1.807) is 18.3 Å². The van der Waals surface area contributed by atoms with E-state index in [1.807, 2.05) is 42.5 Å². The topological polar surface area (TPSA) is 121 Å². The Labute approximate surface area is 249 Å². The number of allylic oxidation sites excluding steroid dienone is 1. The smallest absolute Gasteiger partial charge is 0.330 e. The fourth-order valence-corrected chi connectivity index (χ4v) is 6.27. The van der Waals surface area contributed by atoms with Crippen molar-refractivity contribution in [3.05, 3.63) is 78.8 Å². The summed E-state index contributed by atoms with van der Waals surface area (Å²) < 4.78 is 20.3. The average molecular weight is 587 g/mol. The van der Waals surface area contributed by atoms with Crippen molar-refractivity contribution in [2.24, 2.45) is 5.92 Å². The lowest BCUT2D eigenvalue weighted by Gasteiger charge is -2.30. The molecule has 5 atom stereocenters. The van der Waals surface area contributed by atoms with Crippen LogP contribution in [-0.2, 0) is 14.4 Å². The SMILES string of the molecule is O=C1N[C@]2(C(=O)O)C[C@H]2C=CCCCCC[C@H](Nc2cccc(F)c2)C(=O)N2C[C@H](Oc3nccc4ccccc34)C[C@@H]12. The van der Waals surface area contributed by atoms with Crippen molar-refractivity contribution in [3.63, 3.8) is 0 Å². The number of amides is 2. The lowest BCUT2D eigenvalue weighted by Crippen LogP contribution is -2.55. The van der Waals surface area contributed by atoms with Gasteiger partial charge in [-0.2, -0.15) is 0 Å². The summed E-state index contributed by atoms with van der Waals surface area (Å²) in [5, 5.41) is 17.8. The fraction of sp³-hybridized carbons (Fsp3) is 0.394. The third kappa shape index (κ3) is 6.04. The number of carboxylic acids is 1. The number of aliphatic carboxylic acids is 1. The van der Waals surface area contributed by atoms with Crippen LogP contribution in [0.1, 0.15) is 44.9 Å². The lowest BCUT2D eigenvalue weighted by molar-refractivity contribution is -0.145. The van der Waals surface area contributed by atoms with Crippen LogP contribution in [0, 0.1) is 11.7 Å². The predicted octanol–water partition coefficient (Wildman–Crippen LogP) is 4.68. The molecule has 6 rings (SSSR count). The Morgan fingerprint density at radius 2 is 1.98 bits per heavy atom. The number of carboxylic acid groups (broad SMARTS) is 1. The largest absolute Gasteiger partial charge is 0.479 e. The van der Waals surface area contributed by atoms with Crippen LogP contribution in [0.25, 0.3) is 10.8 Å². The van der Waals surface area contributed by atoms with Crippen LogP contribution in [-0.4, -0.2) is 63.0 Å². The number of anilines is 1. The van der Waals surface area contributed by atoms with Gasteiger partial charge in [0.15, 0.2) is 0 Å². The second-order valence-electron chi connectivity index (χ2n) is 11.7. The zero-order valence-corrected chi connectivity index (χ0v) is 23.7. The molecule has 1 aromatic heterocycles. The van der Waals surface area contributed by atoms with Gasteiger partial charge < -0.3 is 25.4 Å². The first-order valence-corrected chi connectivity index (χ1v) is 14.9. The molecule has 0 bridgehead atoms. The molecule has 2 aliphatic heterocycles. The van der Waals surface area contributed by atoms with E-state index < -0.39 is 41.4 Å². The van der Waals surface area contributed by atoms with Crippen LogP contribution in [0.4, 0.5) is 10.1 Å². The van der Waals surface area contributed by atoms with Crippen LogP contribution >= 0.6 is 0 Å². The van der Waals surface area contributed by atoms with E-state index in [-0.39, 0.29) is 24.8 Å². The van der Waals surface area contributed by atoms with Crippen LogP contribution in [0.2, 0.25) is 0 Å². The highest BCUT2D eigenvalue weighted by Gasteiger charge is 2.61. The summed E-state index contributed by atoms with van der Waals surface area (Å²) in [6.45, 7) is 0.118. The van der Waals surface area contributed by atoms with Crippen molar-refractivity contribution < 1.29 is 28.6 Å². The fourth-order valence-electron chi connectivity index (χ4n) is 6.27. The molecule has 0 unspecified atom stereocenters. The average Bonchev–Trinajstić information content (AvgIpc) is 3.53. The highest BCUT2D eigenvalue weighted by molar-refractivity contribution is 5.96. The number of pyridine rings is 1. The van der Waals surface area contributed by atoms with Gasteiger partial charge in [0.25, 0.3) is 0 Å². The summed E-state index contributed by atoms with van der Waals surface area (Å²) in [6, 6.07) is 13.8. The summed E-state index contributed by atoms with van der Waals surface area (Å²) in [4.78, 5) is 46.3. The maximum atomic E-state index is 14.2. The Hall–Kier alpha value is -4.47.